The molecule has 0 radical (unpaired) electrons. The lowest BCUT2D eigenvalue weighted by atomic mass is 9.94. The molecular weight excluding hydrogens is 234 g/mol. The smallest absolute Gasteiger partial charge is 0.0994 e. The maximum Gasteiger partial charge on any atom is 0.0994 e. The molecule has 2 atom stereocenters. The van der Waals surface area contributed by atoms with Crippen LogP contribution >= 0.6 is 0 Å². The van der Waals surface area contributed by atoms with Gasteiger partial charge < -0.3 is 5.11 Å². The largest absolute Gasteiger partial charge is 0.384 e. The Hall–Kier alpha value is -0.860. The van der Waals surface area contributed by atoms with E-state index in [4.69, 9.17) is 0 Å². The van der Waals surface area contributed by atoms with Crippen LogP contribution in [0.15, 0.2) is 30.3 Å². The maximum atomic E-state index is 10.8. The molecule has 0 aliphatic carbocycles. The molecule has 1 aliphatic rings. The number of benzene rings is 1. The van der Waals surface area contributed by atoms with Gasteiger partial charge in [-0.1, -0.05) is 50.1 Å². The van der Waals surface area contributed by atoms with Crippen LogP contribution in [0.1, 0.15) is 51.5 Å². The normalized spacial score (nSPS) is 24.7. The highest BCUT2D eigenvalue weighted by molar-refractivity contribution is 5.21. The van der Waals surface area contributed by atoms with Crippen molar-refractivity contribution in [3.63, 3.8) is 0 Å². The van der Waals surface area contributed by atoms with Crippen molar-refractivity contribution < 1.29 is 5.11 Å². The van der Waals surface area contributed by atoms with E-state index < -0.39 is 5.60 Å². The molecule has 1 fully saturated rings. The highest BCUT2D eigenvalue weighted by atomic mass is 16.3. The van der Waals surface area contributed by atoms with Gasteiger partial charge in [-0.05, 0) is 38.3 Å². The molecule has 2 unspecified atom stereocenters. The summed E-state index contributed by atoms with van der Waals surface area (Å²) in [6.07, 6.45) is 6.40. The third-order valence-electron chi connectivity index (χ3n) is 4.38. The van der Waals surface area contributed by atoms with E-state index in [1.165, 1.54) is 32.1 Å². The molecule has 1 heterocycles. The standard InChI is InChI=1S/C17H27NO/c1-3-16-12-8-5-9-13-18(16)14-17(2,19)15-10-6-4-7-11-15/h4,6-7,10-11,16,19H,3,5,8-9,12-14H2,1-2H3. The number of hydrogen-bond acceptors (Lipinski definition) is 2. The fourth-order valence-electron chi connectivity index (χ4n) is 3.19. The second-order valence-electron chi connectivity index (χ2n) is 6.02. The van der Waals surface area contributed by atoms with Crippen molar-refractivity contribution in [1.82, 2.24) is 4.90 Å². The number of hydrogen-bond donors (Lipinski definition) is 1. The summed E-state index contributed by atoms with van der Waals surface area (Å²) >= 11 is 0. The SMILES string of the molecule is CCC1CCCCCN1CC(C)(O)c1ccccc1. The minimum Gasteiger partial charge on any atom is -0.384 e. The van der Waals surface area contributed by atoms with Gasteiger partial charge in [-0.25, -0.2) is 0 Å². The van der Waals surface area contributed by atoms with Crippen molar-refractivity contribution in [3.8, 4) is 0 Å². The Bertz CT molecular complexity index is 374. The summed E-state index contributed by atoms with van der Waals surface area (Å²) in [5, 5.41) is 10.8. The van der Waals surface area contributed by atoms with E-state index in [9.17, 15) is 5.11 Å². The van der Waals surface area contributed by atoms with Gasteiger partial charge in [0.25, 0.3) is 0 Å². The van der Waals surface area contributed by atoms with Crippen LogP contribution in [0.4, 0.5) is 0 Å². The highest BCUT2D eigenvalue weighted by Gasteiger charge is 2.29. The minimum atomic E-state index is -0.751. The van der Waals surface area contributed by atoms with Crippen molar-refractivity contribution in [2.75, 3.05) is 13.1 Å². The predicted octanol–water partition coefficient (Wildman–Crippen LogP) is 3.55. The number of likely N-dealkylation sites (tertiary alicyclic amines) is 1. The third-order valence-corrected chi connectivity index (χ3v) is 4.38. The fraction of sp³-hybridized carbons (Fsp3) is 0.647. The molecule has 2 heteroatoms. The van der Waals surface area contributed by atoms with Crippen molar-refractivity contribution in [3.05, 3.63) is 35.9 Å². The molecule has 19 heavy (non-hydrogen) atoms. The predicted molar refractivity (Wildman–Crippen MR) is 80.1 cm³/mol. The van der Waals surface area contributed by atoms with Gasteiger partial charge in [-0.3, -0.25) is 4.90 Å². The third kappa shape index (κ3) is 3.80. The van der Waals surface area contributed by atoms with Gasteiger partial charge in [0, 0.05) is 12.6 Å². The van der Waals surface area contributed by atoms with Gasteiger partial charge >= 0.3 is 0 Å². The molecule has 0 aromatic heterocycles. The van der Waals surface area contributed by atoms with Gasteiger partial charge in [0.1, 0.15) is 0 Å². The van der Waals surface area contributed by atoms with Gasteiger partial charge in [-0.2, -0.15) is 0 Å². The van der Waals surface area contributed by atoms with Crippen LogP contribution in [0, 0.1) is 0 Å². The van der Waals surface area contributed by atoms with E-state index >= 15 is 0 Å². The number of β-amino-alcohol motifs (C(OH)–C–C–N with tert-alkyl or cyclic N) is 1. The first-order valence-electron chi connectivity index (χ1n) is 7.65. The van der Waals surface area contributed by atoms with Crippen LogP contribution < -0.4 is 0 Å². The van der Waals surface area contributed by atoms with Gasteiger partial charge in [-0.15, -0.1) is 0 Å². The highest BCUT2D eigenvalue weighted by Crippen LogP contribution is 2.26. The molecule has 1 aliphatic heterocycles. The van der Waals surface area contributed by atoms with E-state index in [0.29, 0.717) is 6.04 Å². The number of nitrogens with zero attached hydrogens (tertiary/aromatic N) is 1. The Kier molecular flexibility index (Phi) is 5.00. The lowest BCUT2D eigenvalue weighted by Crippen LogP contribution is -2.44. The summed E-state index contributed by atoms with van der Waals surface area (Å²) in [4.78, 5) is 2.50. The molecule has 0 spiro atoms. The van der Waals surface area contributed by atoms with Crippen LogP contribution in [0.25, 0.3) is 0 Å². The lowest BCUT2D eigenvalue weighted by molar-refractivity contribution is 0.00209. The van der Waals surface area contributed by atoms with Crippen molar-refractivity contribution in [2.45, 2.75) is 57.6 Å². The van der Waals surface area contributed by atoms with Crippen LogP contribution in [-0.4, -0.2) is 29.1 Å². The summed E-state index contributed by atoms with van der Waals surface area (Å²) in [6, 6.07) is 10.7. The van der Waals surface area contributed by atoms with E-state index in [1.54, 1.807) is 0 Å². The van der Waals surface area contributed by atoms with Crippen LogP contribution in [0.2, 0.25) is 0 Å². The number of aliphatic hydroxyl groups is 1. The Morgan fingerprint density at radius 1 is 1.21 bits per heavy atom. The molecular formula is C17H27NO. The van der Waals surface area contributed by atoms with Crippen LogP contribution in [0.5, 0.6) is 0 Å². The molecule has 0 saturated carbocycles. The van der Waals surface area contributed by atoms with Gasteiger partial charge in [0.2, 0.25) is 0 Å². The topological polar surface area (TPSA) is 23.5 Å². The first kappa shape index (κ1) is 14.5. The monoisotopic (exact) mass is 261 g/mol. The summed E-state index contributed by atoms with van der Waals surface area (Å²) in [5.41, 5.74) is 0.271. The summed E-state index contributed by atoms with van der Waals surface area (Å²) < 4.78 is 0. The van der Waals surface area contributed by atoms with Crippen molar-refractivity contribution in [2.24, 2.45) is 0 Å². The first-order valence-corrected chi connectivity index (χ1v) is 7.65. The quantitative estimate of drug-likeness (QED) is 0.896. The van der Waals surface area contributed by atoms with E-state index in [0.717, 1.165) is 18.7 Å². The van der Waals surface area contributed by atoms with Gasteiger partial charge in [0.15, 0.2) is 0 Å². The van der Waals surface area contributed by atoms with E-state index in [-0.39, 0.29) is 0 Å². The molecule has 106 valence electrons. The fourth-order valence-corrected chi connectivity index (χ4v) is 3.19. The van der Waals surface area contributed by atoms with E-state index in [1.807, 2.05) is 37.3 Å². The zero-order chi connectivity index (χ0) is 13.7. The molecule has 2 rings (SSSR count). The Morgan fingerprint density at radius 3 is 2.63 bits per heavy atom. The Labute approximate surface area is 117 Å². The van der Waals surface area contributed by atoms with E-state index in [2.05, 4.69) is 11.8 Å². The minimum absolute atomic E-state index is 0.637. The second kappa shape index (κ2) is 6.53. The Morgan fingerprint density at radius 2 is 1.95 bits per heavy atom. The number of rotatable bonds is 4. The first-order chi connectivity index (χ1) is 9.13. The summed E-state index contributed by atoms with van der Waals surface area (Å²) in [6.45, 7) is 6.08. The summed E-state index contributed by atoms with van der Waals surface area (Å²) in [7, 11) is 0. The molecule has 1 N–H and O–H groups in total. The zero-order valence-corrected chi connectivity index (χ0v) is 12.3. The van der Waals surface area contributed by atoms with Gasteiger partial charge in [0.05, 0.1) is 5.60 Å². The molecule has 1 aromatic carbocycles. The lowest BCUT2D eigenvalue weighted by Gasteiger charge is -2.36. The molecule has 1 saturated heterocycles. The van der Waals surface area contributed by atoms with Crippen LogP contribution in [-0.2, 0) is 5.60 Å². The van der Waals surface area contributed by atoms with Crippen molar-refractivity contribution >= 4 is 0 Å². The van der Waals surface area contributed by atoms with Crippen LogP contribution in [0.3, 0.4) is 0 Å². The molecule has 1 aromatic rings. The average Bonchev–Trinajstić information content (AvgIpc) is 2.64. The second-order valence-corrected chi connectivity index (χ2v) is 6.02. The average molecular weight is 261 g/mol. The Balaban J connectivity index is 2.09. The molecule has 2 nitrogen and oxygen atoms in total. The zero-order valence-electron chi connectivity index (χ0n) is 12.3. The summed E-state index contributed by atoms with van der Waals surface area (Å²) in [5.74, 6) is 0. The molecule has 0 amide bonds. The molecule has 0 bridgehead atoms. The van der Waals surface area contributed by atoms with Crippen molar-refractivity contribution in [1.29, 1.82) is 0 Å². The maximum absolute atomic E-state index is 10.8.